The summed E-state index contributed by atoms with van der Waals surface area (Å²) in [4.78, 5) is 16.1. The predicted molar refractivity (Wildman–Crippen MR) is 92.5 cm³/mol. The molecule has 23 heavy (non-hydrogen) atoms. The number of rotatable bonds is 12. The Morgan fingerprint density at radius 3 is 2.70 bits per heavy atom. The third-order valence-corrected chi connectivity index (χ3v) is 3.93. The van der Waals surface area contributed by atoms with Crippen molar-refractivity contribution >= 4 is 11.9 Å². The van der Waals surface area contributed by atoms with Crippen LogP contribution in [-0.2, 0) is 9.53 Å². The van der Waals surface area contributed by atoms with Gasteiger partial charge in [0, 0.05) is 45.3 Å². The molecule has 6 heteroatoms. The first-order chi connectivity index (χ1) is 11.3. The van der Waals surface area contributed by atoms with Gasteiger partial charge in [-0.15, -0.1) is 0 Å². The summed E-state index contributed by atoms with van der Waals surface area (Å²) in [5.41, 5.74) is 0. The molecule has 0 aromatic rings. The van der Waals surface area contributed by atoms with Gasteiger partial charge in [0.05, 0.1) is 0 Å². The van der Waals surface area contributed by atoms with E-state index in [0.29, 0.717) is 19.0 Å². The van der Waals surface area contributed by atoms with Gasteiger partial charge in [-0.2, -0.15) is 0 Å². The quantitative estimate of drug-likeness (QED) is 0.288. The van der Waals surface area contributed by atoms with Crippen LogP contribution in [0.4, 0.5) is 0 Å². The first-order valence-corrected chi connectivity index (χ1v) is 9.17. The number of carbonyl (C=O) groups excluding carboxylic acids is 1. The SMILES string of the molecule is CCNC(=NCCCC(=O)NC1CC1)NCCCOCC1CC1. The zero-order chi connectivity index (χ0) is 16.3. The smallest absolute Gasteiger partial charge is 0.220 e. The Morgan fingerprint density at radius 2 is 2.00 bits per heavy atom. The zero-order valence-corrected chi connectivity index (χ0v) is 14.4. The molecule has 132 valence electrons. The minimum Gasteiger partial charge on any atom is -0.381 e. The van der Waals surface area contributed by atoms with E-state index in [1.807, 2.05) is 0 Å². The van der Waals surface area contributed by atoms with E-state index >= 15 is 0 Å². The van der Waals surface area contributed by atoms with Gasteiger partial charge in [0.15, 0.2) is 5.96 Å². The van der Waals surface area contributed by atoms with Gasteiger partial charge in [-0.05, 0) is 51.4 Å². The van der Waals surface area contributed by atoms with Crippen molar-refractivity contribution in [3.63, 3.8) is 0 Å². The molecule has 0 saturated heterocycles. The predicted octanol–water partition coefficient (Wildman–Crippen LogP) is 1.42. The number of ether oxygens (including phenoxy) is 1. The minimum absolute atomic E-state index is 0.161. The van der Waals surface area contributed by atoms with E-state index in [9.17, 15) is 4.79 Å². The Morgan fingerprint density at radius 1 is 1.17 bits per heavy atom. The Balaban J connectivity index is 1.48. The lowest BCUT2D eigenvalue weighted by atomic mass is 10.3. The second-order valence-corrected chi connectivity index (χ2v) is 6.50. The van der Waals surface area contributed by atoms with Crippen LogP contribution in [0.2, 0.25) is 0 Å². The number of hydrogen-bond donors (Lipinski definition) is 3. The Kier molecular flexibility index (Phi) is 8.21. The second-order valence-electron chi connectivity index (χ2n) is 6.50. The lowest BCUT2D eigenvalue weighted by Gasteiger charge is -2.11. The number of guanidine groups is 1. The molecule has 2 saturated carbocycles. The summed E-state index contributed by atoms with van der Waals surface area (Å²) in [6.07, 6.45) is 7.31. The third-order valence-electron chi connectivity index (χ3n) is 3.93. The van der Waals surface area contributed by atoms with Gasteiger partial charge < -0.3 is 20.7 Å². The molecule has 0 unspecified atom stereocenters. The number of carbonyl (C=O) groups is 1. The molecule has 2 aliphatic rings. The van der Waals surface area contributed by atoms with Crippen LogP contribution >= 0.6 is 0 Å². The van der Waals surface area contributed by atoms with Gasteiger partial charge in [0.25, 0.3) is 0 Å². The highest BCUT2D eigenvalue weighted by Crippen LogP contribution is 2.28. The number of amides is 1. The van der Waals surface area contributed by atoms with Crippen molar-refractivity contribution in [2.24, 2.45) is 10.9 Å². The highest BCUT2D eigenvalue weighted by Gasteiger charge is 2.22. The minimum atomic E-state index is 0.161. The van der Waals surface area contributed by atoms with E-state index in [2.05, 4.69) is 27.9 Å². The molecule has 0 bridgehead atoms. The molecule has 0 spiro atoms. The van der Waals surface area contributed by atoms with Gasteiger partial charge in [-0.25, -0.2) is 0 Å². The van der Waals surface area contributed by atoms with Crippen molar-refractivity contribution in [1.29, 1.82) is 0 Å². The summed E-state index contributed by atoms with van der Waals surface area (Å²) in [5, 5.41) is 9.54. The molecule has 2 fully saturated rings. The van der Waals surface area contributed by atoms with Crippen molar-refractivity contribution in [1.82, 2.24) is 16.0 Å². The number of nitrogens with one attached hydrogen (secondary N) is 3. The Bertz CT molecular complexity index is 379. The van der Waals surface area contributed by atoms with E-state index in [4.69, 9.17) is 4.74 Å². The van der Waals surface area contributed by atoms with Crippen LogP contribution in [0.5, 0.6) is 0 Å². The fourth-order valence-corrected chi connectivity index (χ4v) is 2.22. The van der Waals surface area contributed by atoms with Crippen LogP contribution in [0.1, 0.15) is 51.9 Å². The highest BCUT2D eigenvalue weighted by atomic mass is 16.5. The average molecular weight is 324 g/mol. The lowest BCUT2D eigenvalue weighted by molar-refractivity contribution is -0.121. The molecule has 0 aromatic heterocycles. The van der Waals surface area contributed by atoms with Gasteiger partial charge in [-0.3, -0.25) is 9.79 Å². The Hall–Kier alpha value is -1.30. The topological polar surface area (TPSA) is 74.8 Å². The first-order valence-electron chi connectivity index (χ1n) is 9.17. The Labute approximate surface area is 139 Å². The molecular formula is C17H32N4O2. The van der Waals surface area contributed by atoms with Gasteiger partial charge in [-0.1, -0.05) is 0 Å². The maximum absolute atomic E-state index is 11.6. The molecule has 0 aromatic carbocycles. The maximum atomic E-state index is 11.6. The lowest BCUT2D eigenvalue weighted by Crippen LogP contribution is -2.38. The standard InChI is InChI=1S/C17H32N4O2/c1-2-18-17(20-11-4-12-23-13-14-6-7-14)19-10-3-5-16(22)21-15-8-9-15/h14-15H,2-13H2,1H3,(H,21,22)(H2,18,19,20). The van der Waals surface area contributed by atoms with Crippen LogP contribution in [0.3, 0.4) is 0 Å². The highest BCUT2D eigenvalue weighted by molar-refractivity contribution is 5.79. The van der Waals surface area contributed by atoms with Gasteiger partial charge in [0.1, 0.15) is 0 Å². The fourth-order valence-electron chi connectivity index (χ4n) is 2.22. The monoisotopic (exact) mass is 324 g/mol. The third kappa shape index (κ3) is 9.43. The van der Waals surface area contributed by atoms with E-state index in [0.717, 1.165) is 63.9 Å². The van der Waals surface area contributed by atoms with E-state index in [-0.39, 0.29) is 5.91 Å². The van der Waals surface area contributed by atoms with Crippen LogP contribution in [0.25, 0.3) is 0 Å². The van der Waals surface area contributed by atoms with Gasteiger partial charge >= 0.3 is 0 Å². The van der Waals surface area contributed by atoms with Crippen LogP contribution < -0.4 is 16.0 Å². The van der Waals surface area contributed by atoms with Crippen molar-refractivity contribution < 1.29 is 9.53 Å². The largest absolute Gasteiger partial charge is 0.381 e. The second kappa shape index (κ2) is 10.5. The summed E-state index contributed by atoms with van der Waals surface area (Å²) in [7, 11) is 0. The normalized spacial score (nSPS) is 17.9. The first kappa shape index (κ1) is 18.0. The molecule has 0 aliphatic heterocycles. The zero-order valence-electron chi connectivity index (χ0n) is 14.4. The summed E-state index contributed by atoms with van der Waals surface area (Å²) in [6, 6.07) is 0.451. The molecule has 0 heterocycles. The van der Waals surface area contributed by atoms with E-state index < -0.39 is 0 Å². The van der Waals surface area contributed by atoms with Crippen molar-refractivity contribution in [2.45, 2.75) is 57.9 Å². The molecule has 2 rings (SSSR count). The number of hydrogen-bond acceptors (Lipinski definition) is 3. The van der Waals surface area contributed by atoms with Gasteiger partial charge in [0.2, 0.25) is 5.91 Å². The molecule has 1 amide bonds. The molecule has 3 N–H and O–H groups in total. The molecule has 0 radical (unpaired) electrons. The maximum Gasteiger partial charge on any atom is 0.220 e. The van der Waals surface area contributed by atoms with Crippen molar-refractivity contribution in [3.8, 4) is 0 Å². The molecular weight excluding hydrogens is 292 g/mol. The van der Waals surface area contributed by atoms with Crippen LogP contribution in [0, 0.1) is 5.92 Å². The average Bonchev–Trinajstić information content (AvgIpc) is 3.42. The van der Waals surface area contributed by atoms with Crippen LogP contribution in [0.15, 0.2) is 4.99 Å². The molecule has 0 atom stereocenters. The summed E-state index contributed by atoms with van der Waals surface area (Å²) < 4.78 is 5.62. The summed E-state index contributed by atoms with van der Waals surface area (Å²) >= 11 is 0. The fraction of sp³-hybridized carbons (Fsp3) is 0.882. The number of aliphatic imine (C=N–C) groups is 1. The molecule has 2 aliphatic carbocycles. The van der Waals surface area contributed by atoms with Crippen LogP contribution in [-0.4, -0.2) is 50.8 Å². The number of nitrogens with zero attached hydrogens (tertiary/aromatic N) is 1. The molecule has 6 nitrogen and oxygen atoms in total. The van der Waals surface area contributed by atoms with Crippen molar-refractivity contribution in [2.75, 3.05) is 32.8 Å². The van der Waals surface area contributed by atoms with E-state index in [1.165, 1.54) is 12.8 Å². The summed E-state index contributed by atoms with van der Waals surface area (Å²) in [5.74, 6) is 1.82. The summed E-state index contributed by atoms with van der Waals surface area (Å²) in [6.45, 7) is 6.16. The van der Waals surface area contributed by atoms with E-state index in [1.54, 1.807) is 0 Å². The van der Waals surface area contributed by atoms with Crippen molar-refractivity contribution in [3.05, 3.63) is 0 Å².